The van der Waals surface area contributed by atoms with E-state index in [1.54, 1.807) is 4.90 Å². The number of ketones is 1. The Bertz CT molecular complexity index is 973. The molecule has 192 valence electrons. The van der Waals surface area contributed by atoms with Crippen molar-refractivity contribution in [3.8, 4) is 0 Å². The zero-order valence-electron chi connectivity index (χ0n) is 21.2. The van der Waals surface area contributed by atoms with Gasteiger partial charge in [0.25, 0.3) is 0 Å². The summed E-state index contributed by atoms with van der Waals surface area (Å²) in [5.41, 5.74) is -0.588. The SMILES string of the molecule is CC(C)(C)NC(=O)C1(C2CCCCC2)CCN(C(=O)[C@@H]2CC(=O)C[C@@H]2c2ccc(F)cc2F)CC1. The maximum Gasteiger partial charge on any atom is 0.227 e. The van der Waals surface area contributed by atoms with Gasteiger partial charge < -0.3 is 10.2 Å². The van der Waals surface area contributed by atoms with Gasteiger partial charge in [0.1, 0.15) is 17.4 Å². The number of hydrogen-bond donors (Lipinski definition) is 1. The van der Waals surface area contributed by atoms with Gasteiger partial charge >= 0.3 is 0 Å². The summed E-state index contributed by atoms with van der Waals surface area (Å²) >= 11 is 0. The monoisotopic (exact) mass is 488 g/mol. The predicted molar refractivity (Wildman–Crippen MR) is 130 cm³/mol. The molecule has 2 aliphatic carbocycles. The Labute approximate surface area is 207 Å². The lowest BCUT2D eigenvalue weighted by Gasteiger charge is -2.48. The fourth-order valence-corrected chi connectivity index (χ4v) is 6.55. The number of piperidine rings is 1. The number of rotatable bonds is 4. The van der Waals surface area contributed by atoms with E-state index in [4.69, 9.17) is 0 Å². The molecule has 1 aromatic rings. The van der Waals surface area contributed by atoms with Crippen molar-refractivity contribution in [2.45, 2.75) is 90.0 Å². The molecule has 0 spiro atoms. The molecular formula is C28H38F2N2O3. The van der Waals surface area contributed by atoms with Gasteiger partial charge in [-0.25, -0.2) is 8.78 Å². The Morgan fingerprint density at radius 3 is 2.29 bits per heavy atom. The molecule has 3 fully saturated rings. The molecule has 2 amide bonds. The zero-order valence-corrected chi connectivity index (χ0v) is 21.2. The van der Waals surface area contributed by atoms with Crippen LogP contribution in [-0.2, 0) is 14.4 Å². The normalized spacial score (nSPS) is 25.5. The average Bonchev–Trinajstić information content (AvgIpc) is 3.19. The second-order valence-electron chi connectivity index (χ2n) is 11.8. The third kappa shape index (κ3) is 5.44. The minimum absolute atomic E-state index is 0.0739. The van der Waals surface area contributed by atoms with E-state index >= 15 is 0 Å². The summed E-state index contributed by atoms with van der Waals surface area (Å²) in [5.74, 6) is -2.44. The third-order valence-corrected chi connectivity index (χ3v) is 8.35. The first-order chi connectivity index (χ1) is 16.5. The quantitative estimate of drug-likeness (QED) is 0.639. The molecule has 35 heavy (non-hydrogen) atoms. The first-order valence-electron chi connectivity index (χ1n) is 13.1. The van der Waals surface area contributed by atoms with E-state index in [9.17, 15) is 23.2 Å². The minimum atomic E-state index is -0.712. The number of hydrogen-bond acceptors (Lipinski definition) is 3. The van der Waals surface area contributed by atoms with Crippen LogP contribution in [0.2, 0.25) is 0 Å². The molecule has 2 atom stereocenters. The van der Waals surface area contributed by atoms with Crippen molar-refractivity contribution in [2.24, 2.45) is 17.3 Å². The second kappa shape index (κ2) is 9.98. The minimum Gasteiger partial charge on any atom is -0.351 e. The molecule has 1 saturated heterocycles. The van der Waals surface area contributed by atoms with E-state index in [2.05, 4.69) is 5.32 Å². The largest absolute Gasteiger partial charge is 0.351 e. The molecule has 0 unspecified atom stereocenters. The van der Waals surface area contributed by atoms with E-state index in [1.165, 1.54) is 18.6 Å². The number of Topliss-reactive ketones (excluding diaryl/α,β-unsaturated/α-hetero) is 1. The lowest BCUT2D eigenvalue weighted by atomic mass is 9.63. The number of halogens is 2. The molecule has 0 aromatic heterocycles. The van der Waals surface area contributed by atoms with Crippen molar-refractivity contribution >= 4 is 17.6 Å². The van der Waals surface area contributed by atoms with E-state index in [0.29, 0.717) is 31.8 Å². The molecule has 5 nitrogen and oxygen atoms in total. The molecule has 1 heterocycles. The number of amides is 2. The Morgan fingerprint density at radius 2 is 1.69 bits per heavy atom. The summed E-state index contributed by atoms with van der Waals surface area (Å²) in [4.78, 5) is 41.2. The Morgan fingerprint density at radius 1 is 1.03 bits per heavy atom. The van der Waals surface area contributed by atoms with Crippen LogP contribution in [0, 0.1) is 28.9 Å². The van der Waals surface area contributed by atoms with Crippen molar-refractivity contribution in [1.82, 2.24) is 10.2 Å². The lowest BCUT2D eigenvalue weighted by Crippen LogP contribution is -2.57. The summed E-state index contributed by atoms with van der Waals surface area (Å²) < 4.78 is 28.0. The molecule has 2 saturated carbocycles. The van der Waals surface area contributed by atoms with Gasteiger partial charge in [-0.05, 0) is 64.0 Å². The van der Waals surface area contributed by atoms with E-state index in [-0.39, 0.29) is 41.5 Å². The van der Waals surface area contributed by atoms with Crippen LogP contribution < -0.4 is 5.32 Å². The number of benzene rings is 1. The van der Waals surface area contributed by atoms with E-state index in [1.807, 2.05) is 20.8 Å². The Hall–Kier alpha value is -2.31. The molecule has 0 bridgehead atoms. The molecule has 7 heteroatoms. The van der Waals surface area contributed by atoms with Gasteiger partial charge in [0.15, 0.2) is 0 Å². The fourth-order valence-electron chi connectivity index (χ4n) is 6.55. The summed E-state index contributed by atoms with van der Waals surface area (Å²) in [7, 11) is 0. The van der Waals surface area contributed by atoms with Gasteiger partial charge in [-0.1, -0.05) is 25.3 Å². The number of likely N-dealkylation sites (tertiary alicyclic amines) is 1. The van der Waals surface area contributed by atoms with Crippen LogP contribution in [0.15, 0.2) is 18.2 Å². The Balaban J connectivity index is 1.51. The van der Waals surface area contributed by atoms with Gasteiger partial charge in [0.2, 0.25) is 11.8 Å². The van der Waals surface area contributed by atoms with Crippen molar-refractivity contribution < 1.29 is 23.2 Å². The third-order valence-electron chi connectivity index (χ3n) is 8.35. The Kier molecular flexibility index (Phi) is 7.35. The maximum atomic E-state index is 14.5. The summed E-state index contributed by atoms with van der Waals surface area (Å²) in [6.45, 7) is 6.88. The van der Waals surface area contributed by atoms with Crippen LogP contribution in [0.4, 0.5) is 8.78 Å². The topological polar surface area (TPSA) is 66.5 Å². The van der Waals surface area contributed by atoms with E-state index in [0.717, 1.165) is 31.7 Å². The predicted octanol–water partition coefficient (Wildman–Crippen LogP) is 5.13. The highest BCUT2D eigenvalue weighted by Crippen LogP contribution is 2.47. The van der Waals surface area contributed by atoms with Gasteiger partial charge in [0.05, 0.1) is 11.3 Å². The molecule has 3 aliphatic rings. The van der Waals surface area contributed by atoms with Crippen molar-refractivity contribution in [3.05, 3.63) is 35.4 Å². The van der Waals surface area contributed by atoms with Crippen molar-refractivity contribution in [3.63, 3.8) is 0 Å². The van der Waals surface area contributed by atoms with Crippen LogP contribution in [-0.4, -0.2) is 41.1 Å². The number of nitrogens with zero attached hydrogens (tertiary/aromatic N) is 1. The molecule has 4 rings (SSSR count). The van der Waals surface area contributed by atoms with Gasteiger partial charge in [-0.3, -0.25) is 14.4 Å². The molecule has 0 radical (unpaired) electrons. The first kappa shape index (κ1) is 25.8. The molecule has 1 aromatic carbocycles. The zero-order chi connectivity index (χ0) is 25.4. The van der Waals surface area contributed by atoms with E-state index < -0.39 is 28.9 Å². The van der Waals surface area contributed by atoms with Crippen LogP contribution >= 0.6 is 0 Å². The number of carbonyl (C=O) groups excluding carboxylic acids is 3. The van der Waals surface area contributed by atoms with Crippen LogP contribution in [0.5, 0.6) is 0 Å². The van der Waals surface area contributed by atoms with Gasteiger partial charge in [-0.15, -0.1) is 0 Å². The lowest BCUT2D eigenvalue weighted by molar-refractivity contribution is -0.148. The van der Waals surface area contributed by atoms with Crippen molar-refractivity contribution in [1.29, 1.82) is 0 Å². The molecule has 1 aliphatic heterocycles. The fraction of sp³-hybridized carbons (Fsp3) is 0.679. The maximum absolute atomic E-state index is 14.5. The van der Waals surface area contributed by atoms with Crippen molar-refractivity contribution in [2.75, 3.05) is 13.1 Å². The highest BCUT2D eigenvalue weighted by molar-refractivity contribution is 5.92. The second-order valence-corrected chi connectivity index (χ2v) is 11.8. The standard InChI is InChI=1S/C28H38F2N2O3/c1-27(2,3)31-26(35)28(18-7-5-4-6-8-18)11-13-32(14-12-28)25(34)23-17-20(33)16-22(23)21-10-9-19(29)15-24(21)30/h9-10,15,18,22-23H,4-8,11-14,16-17H2,1-3H3,(H,31,35)/t22-,23-/m1/s1. The first-order valence-corrected chi connectivity index (χ1v) is 13.1. The summed E-state index contributed by atoms with van der Waals surface area (Å²) in [6, 6.07) is 3.35. The summed E-state index contributed by atoms with van der Waals surface area (Å²) in [5, 5.41) is 3.21. The van der Waals surface area contributed by atoms with Gasteiger partial charge in [0, 0.05) is 43.5 Å². The molecule has 1 N–H and O–H groups in total. The number of carbonyl (C=O) groups is 3. The molecular weight excluding hydrogens is 450 g/mol. The highest BCUT2D eigenvalue weighted by atomic mass is 19.1. The van der Waals surface area contributed by atoms with Gasteiger partial charge in [-0.2, -0.15) is 0 Å². The average molecular weight is 489 g/mol. The van der Waals surface area contributed by atoms with Crippen LogP contribution in [0.3, 0.4) is 0 Å². The number of nitrogens with one attached hydrogen (secondary N) is 1. The van der Waals surface area contributed by atoms with Crippen LogP contribution in [0.1, 0.15) is 90.0 Å². The highest BCUT2D eigenvalue weighted by Gasteiger charge is 2.50. The van der Waals surface area contributed by atoms with Crippen LogP contribution in [0.25, 0.3) is 0 Å². The summed E-state index contributed by atoms with van der Waals surface area (Å²) in [6.07, 6.45) is 6.91. The smallest absolute Gasteiger partial charge is 0.227 e.